The predicted molar refractivity (Wildman–Crippen MR) is 288 cm³/mol. The smallest absolute Gasteiger partial charge is 0.293 e. The molecule has 4 aromatic carbocycles. The van der Waals surface area contributed by atoms with Gasteiger partial charge in [-0.3, -0.25) is 9.59 Å². The van der Waals surface area contributed by atoms with Crippen molar-refractivity contribution < 1.29 is 31.2 Å². The first kappa shape index (κ1) is 54.4. The van der Waals surface area contributed by atoms with Crippen LogP contribution in [0.4, 0.5) is 0 Å². The topological polar surface area (TPSA) is 185 Å². The maximum atomic E-state index is 12.0. The quantitative estimate of drug-likeness (QED) is 0.0882. The number of amides is 1. The van der Waals surface area contributed by atoms with Gasteiger partial charge in [0.05, 0.1) is 70.3 Å². The Morgan fingerprint density at radius 1 is 0.620 bits per heavy atom. The molecule has 13 nitrogen and oxygen atoms in total. The van der Waals surface area contributed by atoms with E-state index in [2.05, 4.69) is 30.0 Å². The van der Waals surface area contributed by atoms with Crippen LogP contribution in [0.5, 0.6) is 0 Å². The van der Waals surface area contributed by atoms with Crippen LogP contribution in [0.1, 0.15) is 46.0 Å². The lowest BCUT2D eigenvalue weighted by molar-refractivity contribution is -0.128. The van der Waals surface area contributed by atoms with Crippen molar-refractivity contribution in [3.8, 4) is 53.4 Å². The van der Waals surface area contributed by atoms with Crippen LogP contribution in [-0.4, -0.2) is 81.5 Å². The number of para-hydroxylation sites is 2. The number of hydrogen-bond acceptors (Lipinski definition) is 12. The zero-order chi connectivity index (χ0) is 51.7. The van der Waals surface area contributed by atoms with Gasteiger partial charge in [-0.25, -0.2) is 26.2 Å². The summed E-state index contributed by atoms with van der Waals surface area (Å²) in [5.74, 6) is 0. The molecule has 0 bridgehead atoms. The van der Waals surface area contributed by atoms with Crippen LogP contribution >= 0.6 is 45.9 Å². The fraction of sp³-hybridized carbons (Fsp3) is 0.231. The summed E-state index contributed by atoms with van der Waals surface area (Å²) in [6.07, 6.45) is 3.11. The number of sulfone groups is 2. The molecule has 0 fully saturated rings. The second-order valence-corrected chi connectivity index (χ2v) is 24.5. The lowest BCUT2D eigenvalue weighted by atomic mass is 9.89. The van der Waals surface area contributed by atoms with Gasteiger partial charge in [-0.1, -0.05) is 99.4 Å². The molecule has 4 aromatic heterocycles. The van der Waals surface area contributed by atoms with Crippen LogP contribution in [0, 0.1) is 0 Å². The molecule has 0 unspecified atom stereocenters. The molecule has 71 heavy (non-hydrogen) atoms. The molecule has 3 N–H and O–H groups in total. The molecule has 0 aliphatic heterocycles. The van der Waals surface area contributed by atoms with Gasteiger partial charge in [0, 0.05) is 46.2 Å². The van der Waals surface area contributed by atoms with E-state index in [4.69, 9.17) is 39.1 Å². The predicted octanol–water partition coefficient (Wildman–Crippen LogP) is 11.1. The summed E-state index contributed by atoms with van der Waals surface area (Å²) in [5.41, 5.74) is 12.0. The average molecular weight is 1070 g/mol. The molecule has 1 amide bonds. The van der Waals surface area contributed by atoms with Crippen molar-refractivity contribution in [2.45, 2.75) is 55.2 Å². The zero-order valence-electron chi connectivity index (χ0n) is 40.1. The minimum atomic E-state index is -3.30. The second kappa shape index (κ2) is 23.1. The third-order valence-electron chi connectivity index (χ3n) is 11.1. The number of rotatable bonds is 16. The highest BCUT2D eigenvalue weighted by molar-refractivity contribution is 7.91. The first-order chi connectivity index (χ1) is 33.6. The van der Waals surface area contributed by atoms with Crippen LogP contribution in [0.25, 0.3) is 53.4 Å². The third kappa shape index (κ3) is 13.3. The van der Waals surface area contributed by atoms with Gasteiger partial charge in [0.15, 0.2) is 19.7 Å². The van der Waals surface area contributed by atoms with E-state index in [1.807, 2.05) is 114 Å². The number of aromatic nitrogens is 4. The second-order valence-electron chi connectivity index (χ2n) is 17.5. The molecule has 19 heteroatoms. The van der Waals surface area contributed by atoms with Crippen molar-refractivity contribution in [3.63, 3.8) is 0 Å². The normalized spacial score (nSPS) is 11.7. The number of nitrogens with zero attached hydrogens (tertiary/aromatic N) is 4. The molecule has 4 heterocycles. The number of hydrogen-bond donors (Lipinski definition) is 2. The Morgan fingerprint density at radius 3 is 1.41 bits per heavy atom. The van der Waals surface area contributed by atoms with Crippen LogP contribution in [0.2, 0.25) is 10.0 Å². The highest BCUT2D eigenvalue weighted by Gasteiger charge is 2.28. The molecule has 8 aromatic rings. The fourth-order valence-corrected chi connectivity index (χ4v) is 10.7. The van der Waals surface area contributed by atoms with Gasteiger partial charge in [0.2, 0.25) is 6.41 Å². The average Bonchev–Trinajstić information content (AvgIpc) is 4.19. The third-order valence-corrected chi connectivity index (χ3v) is 16.3. The zero-order valence-corrected chi connectivity index (χ0v) is 44.9. The van der Waals surface area contributed by atoms with Crippen molar-refractivity contribution in [2.75, 3.05) is 32.2 Å². The minimum absolute atomic E-state index is 0.285. The summed E-state index contributed by atoms with van der Waals surface area (Å²) in [4.78, 5) is 24.5. The fourth-order valence-electron chi connectivity index (χ4n) is 6.97. The Morgan fingerprint density at radius 2 is 1.04 bits per heavy atom. The lowest BCUT2D eigenvalue weighted by Gasteiger charge is -2.21. The summed E-state index contributed by atoms with van der Waals surface area (Å²) in [6.45, 7) is 11.7. The van der Waals surface area contributed by atoms with Crippen molar-refractivity contribution in [1.29, 1.82) is 0 Å². The molecule has 0 saturated heterocycles. The number of nitrogens with two attached hydrogens (primary N) is 1. The number of carbonyl (C=O) groups is 2. The van der Waals surface area contributed by atoms with Gasteiger partial charge in [-0.05, 0) is 103 Å². The first-order valence-electron chi connectivity index (χ1n) is 22.1. The SMILES string of the molecule is CC(C)(CN)c1cc(-c2ccc(-c3cccc(S(C)(=O)=O)c3)s2)n(-c2ccccc2Cl)n1.CC(C)(CNC=O)c1cc(-c2ccc(-c3cccc(S(C)(=O)=O)c3)s2)n(-c2ccccc2Cl)n1.CCOC=O. The van der Waals surface area contributed by atoms with Crippen LogP contribution in [0.3, 0.4) is 0 Å². The Hall–Kier alpha value is -5.92. The molecular formula is C52H54Cl2N6O7S4. The Balaban J connectivity index is 0.000000213. The van der Waals surface area contributed by atoms with E-state index < -0.39 is 25.1 Å². The van der Waals surface area contributed by atoms with Crippen LogP contribution < -0.4 is 11.1 Å². The summed E-state index contributed by atoms with van der Waals surface area (Å²) in [5, 5.41) is 13.7. The van der Waals surface area contributed by atoms with E-state index in [-0.39, 0.29) is 10.3 Å². The molecule has 0 radical (unpaired) electrons. The number of thiophene rings is 2. The van der Waals surface area contributed by atoms with Gasteiger partial charge in [0.1, 0.15) is 0 Å². The van der Waals surface area contributed by atoms with Gasteiger partial charge in [0.25, 0.3) is 6.47 Å². The Bertz CT molecular complexity index is 3380. The molecule has 0 aliphatic carbocycles. The minimum Gasteiger partial charge on any atom is -0.468 e. The molecule has 0 saturated carbocycles. The standard InChI is InChI=1S/C25H24ClN3O3S2.C24H24ClN3O2S2.C3H6O2/c1-25(2,15-27-16-30)24-14-21(29(28-24)20-10-5-4-9-19(20)26)23-12-11-22(33-23)17-7-6-8-18(13-17)34(3,31)32;1-24(2,15-26)23-14-20(28(27-23)19-10-5-4-9-18(19)25)22-12-11-21(31-22)16-7-6-8-17(13-16)32(3,29)30;1-2-5-3-4/h4-14,16H,15H2,1-3H3,(H,27,30);4-14H,15,26H2,1-3H3;3H,2H2,1H3. The number of benzene rings is 4. The summed E-state index contributed by atoms with van der Waals surface area (Å²) < 4.78 is 55.8. The Kier molecular flexibility index (Phi) is 17.7. The summed E-state index contributed by atoms with van der Waals surface area (Å²) >= 11 is 16.1. The van der Waals surface area contributed by atoms with Gasteiger partial charge >= 0.3 is 0 Å². The van der Waals surface area contributed by atoms with E-state index in [0.717, 1.165) is 64.8 Å². The number of nitrogens with one attached hydrogen (secondary N) is 1. The largest absolute Gasteiger partial charge is 0.468 e. The van der Waals surface area contributed by atoms with E-state index in [1.54, 1.807) is 66.0 Å². The Labute approximate surface area is 433 Å². The molecule has 0 atom stereocenters. The van der Waals surface area contributed by atoms with E-state index in [0.29, 0.717) is 47.5 Å². The van der Waals surface area contributed by atoms with E-state index in [1.165, 1.54) is 12.5 Å². The van der Waals surface area contributed by atoms with Crippen LogP contribution in [-0.2, 0) is 44.8 Å². The first-order valence-corrected chi connectivity index (χ1v) is 28.2. The molecule has 0 spiro atoms. The van der Waals surface area contributed by atoms with Gasteiger partial charge < -0.3 is 15.8 Å². The maximum absolute atomic E-state index is 12.0. The lowest BCUT2D eigenvalue weighted by Crippen LogP contribution is -2.32. The van der Waals surface area contributed by atoms with Crippen molar-refractivity contribution in [1.82, 2.24) is 24.9 Å². The molecule has 372 valence electrons. The van der Waals surface area contributed by atoms with Crippen molar-refractivity contribution in [3.05, 3.63) is 155 Å². The molecular weight excluding hydrogens is 1020 g/mol. The summed E-state index contributed by atoms with van der Waals surface area (Å²) in [6, 6.07) is 41.1. The maximum Gasteiger partial charge on any atom is 0.293 e. The van der Waals surface area contributed by atoms with Gasteiger partial charge in [-0.15, -0.1) is 22.7 Å². The molecule has 0 aliphatic rings. The number of ether oxygens (including phenoxy) is 1. The number of halogens is 2. The van der Waals surface area contributed by atoms with E-state index >= 15 is 0 Å². The monoisotopic (exact) mass is 1070 g/mol. The van der Waals surface area contributed by atoms with Gasteiger partial charge in [-0.2, -0.15) is 10.2 Å². The molecule has 8 rings (SSSR count). The summed E-state index contributed by atoms with van der Waals surface area (Å²) in [7, 11) is -6.58. The van der Waals surface area contributed by atoms with Crippen molar-refractivity contribution in [2.24, 2.45) is 5.73 Å². The van der Waals surface area contributed by atoms with Crippen LogP contribution in [0.15, 0.2) is 143 Å². The van der Waals surface area contributed by atoms with E-state index in [9.17, 15) is 26.4 Å². The highest BCUT2D eigenvalue weighted by Crippen LogP contribution is 2.40. The highest BCUT2D eigenvalue weighted by atomic mass is 35.5. The van der Waals surface area contributed by atoms with Crippen molar-refractivity contribution >= 4 is 78.4 Å². The number of carbonyl (C=O) groups excluding carboxylic acids is 2.